The Morgan fingerprint density at radius 2 is 1.90 bits per heavy atom. The van der Waals surface area contributed by atoms with Gasteiger partial charge in [-0.1, -0.05) is 35.5 Å². The van der Waals surface area contributed by atoms with Gasteiger partial charge >= 0.3 is 0 Å². The molecule has 0 spiro atoms. The van der Waals surface area contributed by atoms with Crippen LogP contribution in [0.15, 0.2) is 58.0 Å². The monoisotopic (exact) mass is 507 g/mol. The standard InChI is InChI=1S/C21H25N5O2.HI/c1-4-22-21(24-14-20-25-16(3)28-26-20)23-13-17-11-10-15(2)12-19(17)27-18-8-6-5-7-9-18;/h5-12H,4,13-14H2,1-3H3,(H2,22,23,24);1H. The number of halogens is 1. The highest BCUT2D eigenvalue weighted by atomic mass is 127. The van der Waals surface area contributed by atoms with Crippen LogP contribution in [0.25, 0.3) is 0 Å². The first-order valence-electron chi connectivity index (χ1n) is 9.28. The molecule has 3 aromatic rings. The third-order valence-electron chi connectivity index (χ3n) is 3.93. The van der Waals surface area contributed by atoms with E-state index in [-0.39, 0.29) is 24.0 Å². The molecular weight excluding hydrogens is 481 g/mol. The molecule has 0 saturated carbocycles. The van der Waals surface area contributed by atoms with Gasteiger partial charge in [0.1, 0.15) is 11.5 Å². The maximum absolute atomic E-state index is 6.07. The fourth-order valence-corrected chi connectivity index (χ4v) is 2.58. The normalized spacial score (nSPS) is 10.9. The number of aliphatic imine (C=N–C) groups is 1. The fourth-order valence-electron chi connectivity index (χ4n) is 2.58. The molecule has 0 bridgehead atoms. The molecule has 0 fully saturated rings. The number of benzene rings is 2. The van der Waals surface area contributed by atoms with Crippen molar-refractivity contribution in [3.05, 3.63) is 71.4 Å². The second kappa shape index (κ2) is 11.4. The lowest BCUT2D eigenvalue weighted by Crippen LogP contribution is -2.37. The van der Waals surface area contributed by atoms with E-state index in [1.165, 1.54) is 0 Å². The summed E-state index contributed by atoms with van der Waals surface area (Å²) in [7, 11) is 0. The molecule has 3 rings (SSSR count). The summed E-state index contributed by atoms with van der Waals surface area (Å²) >= 11 is 0. The smallest absolute Gasteiger partial charge is 0.223 e. The summed E-state index contributed by atoms with van der Waals surface area (Å²) in [6.07, 6.45) is 0. The summed E-state index contributed by atoms with van der Waals surface area (Å²) in [4.78, 5) is 8.85. The minimum Gasteiger partial charge on any atom is -0.457 e. The van der Waals surface area contributed by atoms with Crippen molar-refractivity contribution < 1.29 is 9.26 Å². The van der Waals surface area contributed by atoms with E-state index < -0.39 is 0 Å². The zero-order valence-electron chi connectivity index (χ0n) is 16.8. The summed E-state index contributed by atoms with van der Waals surface area (Å²) in [6.45, 7) is 7.49. The van der Waals surface area contributed by atoms with Gasteiger partial charge in [-0.3, -0.25) is 0 Å². The number of aromatic nitrogens is 2. The molecule has 0 aliphatic heterocycles. The number of nitrogens with one attached hydrogen (secondary N) is 2. The van der Waals surface area contributed by atoms with Gasteiger partial charge in [0, 0.05) is 19.0 Å². The van der Waals surface area contributed by atoms with Crippen LogP contribution in [0.3, 0.4) is 0 Å². The van der Waals surface area contributed by atoms with Crippen LogP contribution < -0.4 is 15.4 Å². The van der Waals surface area contributed by atoms with Crippen LogP contribution in [0.1, 0.15) is 29.8 Å². The van der Waals surface area contributed by atoms with E-state index in [9.17, 15) is 0 Å². The average Bonchev–Trinajstić information content (AvgIpc) is 3.11. The third-order valence-corrected chi connectivity index (χ3v) is 3.93. The van der Waals surface area contributed by atoms with Gasteiger partial charge in [-0.25, -0.2) is 4.99 Å². The first kappa shape index (κ1) is 22.7. The van der Waals surface area contributed by atoms with E-state index in [0.717, 1.165) is 29.2 Å². The maximum Gasteiger partial charge on any atom is 0.223 e. The van der Waals surface area contributed by atoms with Crippen molar-refractivity contribution in [2.75, 3.05) is 6.54 Å². The Morgan fingerprint density at radius 1 is 1.10 bits per heavy atom. The minimum atomic E-state index is 0. The van der Waals surface area contributed by atoms with Gasteiger partial charge in [0.05, 0.1) is 13.1 Å². The van der Waals surface area contributed by atoms with Gasteiger partial charge < -0.3 is 19.9 Å². The molecule has 2 N–H and O–H groups in total. The lowest BCUT2D eigenvalue weighted by atomic mass is 10.1. The predicted octanol–water partition coefficient (Wildman–Crippen LogP) is 4.35. The number of hydrogen-bond acceptors (Lipinski definition) is 5. The average molecular weight is 507 g/mol. The van der Waals surface area contributed by atoms with Crippen molar-refractivity contribution in [1.29, 1.82) is 0 Å². The summed E-state index contributed by atoms with van der Waals surface area (Å²) in [5, 5.41) is 10.3. The zero-order valence-corrected chi connectivity index (χ0v) is 19.1. The molecule has 1 heterocycles. The molecule has 0 unspecified atom stereocenters. The highest BCUT2D eigenvalue weighted by molar-refractivity contribution is 14.0. The minimum absolute atomic E-state index is 0. The molecule has 0 atom stereocenters. The Morgan fingerprint density at radius 3 is 2.59 bits per heavy atom. The van der Waals surface area contributed by atoms with E-state index in [1.54, 1.807) is 6.92 Å². The van der Waals surface area contributed by atoms with Gasteiger partial charge in [-0.15, -0.1) is 24.0 Å². The van der Waals surface area contributed by atoms with E-state index in [0.29, 0.717) is 30.8 Å². The van der Waals surface area contributed by atoms with E-state index in [4.69, 9.17) is 9.26 Å². The fraction of sp³-hybridized carbons (Fsp3) is 0.286. The third kappa shape index (κ3) is 7.04. The van der Waals surface area contributed by atoms with Crippen LogP contribution in [-0.4, -0.2) is 22.6 Å². The first-order valence-corrected chi connectivity index (χ1v) is 9.28. The van der Waals surface area contributed by atoms with Gasteiger partial charge in [-0.2, -0.15) is 4.98 Å². The maximum atomic E-state index is 6.07. The number of ether oxygens (including phenoxy) is 1. The number of hydrogen-bond donors (Lipinski definition) is 2. The zero-order chi connectivity index (χ0) is 19.8. The van der Waals surface area contributed by atoms with Crippen LogP contribution in [-0.2, 0) is 13.1 Å². The van der Waals surface area contributed by atoms with Crippen LogP contribution in [0.2, 0.25) is 0 Å². The SMILES string of the molecule is CCNC(=NCc1ccc(C)cc1Oc1ccccc1)NCc1noc(C)n1.I. The van der Waals surface area contributed by atoms with E-state index in [1.807, 2.05) is 56.3 Å². The van der Waals surface area contributed by atoms with E-state index >= 15 is 0 Å². The van der Waals surface area contributed by atoms with Crippen LogP contribution >= 0.6 is 24.0 Å². The lowest BCUT2D eigenvalue weighted by Gasteiger charge is -2.13. The predicted molar refractivity (Wildman–Crippen MR) is 124 cm³/mol. The largest absolute Gasteiger partial charge is 0.457 e. The van der Waals surface area contributed by atoms with Gasteiger partial charge in [0.25, 0.3) is 0 Å². The Kier molecular flexibility index (Phi) is 8.91. The molecule has 7 nitrogen and oxygen atoms in total. The number of rotatable bonds is 7. The first-order chi connectivity index (χ1) is 13.6. The van der Waals surface area contributed by atoms with Crippen molar-refractivity contribution in [2.24, 2.45) is 4.99 Å². The molecule has 0 radical (unpaired) electrons. The number of para-hydroxylation sites is 1. The lowest BCUT2D eigenvalue weighted by molar-refractivity contribution is 0.387. The molecule has 154 valence electrons. The second-order valence-corrected chi connectivity index (χ2v) is 6.30. The molecule has 0 aliphatic carbocycles. The highest BCUT2D eigenvalue weighted by Gasteiger charge is 2.07. The van der Waals surface area contributed by atoms with Gasteiger partial charge in [0.15, 0.2) is 11.8 Å². The Hall–Kier alpha value is -2.62. The molecular formula is C21H26IN5O2. The Bertz CT molecular complexity index is 928. The molecule has 1 aromatic heterocycles. The number of aryl methyl sites for hydroxylation is 2. The highest BCUT2D eigenvalue weighted by Crippen LogP contribution is 2.27. The molecule has 8 heteroatoms. The number of guanidine groups is 1. The second-order valence-electron chi connectivity index (χ2n) is 6.30. The van der Waals surface area contributed by atoms with Crippen molar-refractivity contribution >= 4 is 29.9 Å². The van der Waals surface area contributed by atoms with Crippen molar-refractivity contribution in [1.82, 2.24) is 20.8 Å². The molecule has 0 aliphatic rings. The Labute approximate surface area is 188 Å². The van der Waals surface area contributed by atoms with Crippen LogP contribution in [0.5, 0.6) is 11.5 Å². The van der Waals surface area contributed by atoms with Gasteiger partial charge in [-0.05, 0) is 37.6 Å². The molecule has 2 aromatic carbocycles. The molecule has 0 amide bonds. The Balaban J connectivity index is 0.00000300. The molecule has 29 heavy (non-hydrogen) atoms. The summed E-state index contributed by atoms with van der Waals surface area (Å²) < 4.78 is 11.1. The van der Waals surface area contributed by atoms with Crippen LogP contribution in [0, 0.1) is 13.8 Å². The van der Waals surface area contributed by atoms with Gasteiger partial charge in [0.2, 0.25) is 5.89 Å². The summed E-state index contributed by atoms with van der Waals surface area (Å²) in [5.74, 6) is 3.42. The summed E-state index contributed by atoms with van der Waals surface area (Å²) in [5.41, 5.74) is 2.14. The topological polar surface area (TPSA) is 84.6 Å². The number of nitrogens with zero attached hydrogens (tertiary/aromatic N) is 3. The van der Waals surface area contributed by atoms with Crippen molar-refractivity contribution in [3.8, 4) is 11.5 Å². The van der Waals surface area contributed by atoms with Crippen molar-refractivity contribution in [2.45, 2.75) is 33.9 Å². The van der Waals surface area contributed by atoms with Crippen molar-refractivity contribution in [3.63, 3.8) is 0 Å². The molecule has 0 saturated heterocycles. The van der Waals surface area contributed by atoms with E-state index in [2.05, 4.69) is 31.8 Å². The van der Waals surface area contributed by atoms with Crippen LogP contribution in [0.4, 0.5) is 0 Å². The quantitative estimate of drug-likeness (QED) is 0.281. The summed E-state index contributed by atoms with van der Waals surface area (Å²) in [6, 6.07) is 15.9.